The van der Waals surface area contributed by atoms with Crippen LogP contribution in [0.3, 0.4) is 0 Å². The molecule has 2 rings (SSSR count). The molecule has 1 heterocycles. The van der Waals surface area contributed by atoms with E-state index in [-0.39, 0.29) is 5.56 Å². The first-order valence-electron chi connectivity index (χ1n) is 4.56. The van der Waals surface area contributed by atoms with Crippen molar-refractivity contribution in [3.8, 4) is 0 Å². The third-order valence-corrected chi connectivity index (χ3v) is 2.31. The van der Waals surface area contributed by atoms with E-state index in [1.807, 2.05) is 0 Å². The molecule has 1 aliphatic heterocycles. The molecule has 0 aromatic heterocycles. The molecule has 1 aromatic rings. The van der Waals surface area contributed by atoms with Gasteiger partial charge in [0, 0.05) is 11.8 Å². The maximum absolute atomic E-state index is 11.8. The van der Waals surface area contributed by atoms with Gasteiger partial charge in [0.25, 0.3) is 5.78 Å². The average Bonchev–Trinajstić information content (AvgIpc) is 2.29. The van der Waals surface area contributed by atoms with E-state index < -0.39 is 23.5 Å². The largest absolute Gasteiger partial charge is 0.475 e. The van der Waals surface area contributed by atoms with Gasteiger partial charge in [-0.2, -0.15) is 0 Å². The number of aliphatic carboxylic acids is 1. The highest BCUT2D eigenvalue weighted by atomic mass is 16.4. The zero-order valence-corrected chi connectivity index (χ0v) is 8.08. The Balaban J connectivity index is 2.42. The van der Waals surface area contributed by atoms with Gasteiger partial charge in [-0.05, 0) is 12.1 Å². The molecule has 0 saturated carbocycles. The number of para-hydroxylation sites is 1. The van der Waals surface area contributed by atoms with Crippen molar-refractivity contribution in [2.24, 2.45) is 10.9 Å². The summed E-state index contributed by atoms with van der Waals surface area (Å²) in [6, 6.07) is 6.50. The van der Waals surface area contributed by atoms with E-state index in [9.17, 15) is 14.4 Å². The van der Waals surface area contributed by atoms with Gasteiger partial charge in [-0.1, -0.05) is 12.1 Å². The van der Waals surface area contributed by atoms with E-state index in [4.69, 9.17) is 5.11 Å². The molecule has 16 heavy (non-hydrogen) atoms. The lowest BCUT2D eigenvalue weighted by atomic mass is 9.91. The second-order valence-corrected chi connectivity index (χ2v) is 3.31. The van der Waals surface area contributed by atoms with Crippen LogP contribution in [-0.2, 0) is 9.59 Å². The van der Waals surface area contributed by atoms with Gasteiger partial charge in [0.15, 0.2) is 5.78 Å². The van der Waals surface area contributed by atoms with E-state index >= 15 is 0 Å². The summed E-state index contributed by atoms with van der Waals surface area (Å²) in [6.45, 7) is 0. The lowest BCUT2D eigenvalue weighted by Gasteiger charge is -2.14. The molecule has 1 atom stereocenters. The Morgan fingerprint density at radius 3 is 2.62 bits per heavy atom. The fourth-order valence-corrected chi connectivity index (χ4v) is 1.50. The summed E-state index contributed by atoms with van der Waals surface area (Å²) in [5, 5.41) is 8.54. The van der Waals surface area contributed by atoms with Crippen LogP contribution in [0.1, 0.15) is 10.4 Å². The molecular weight excluding hydrogens is 210 g/mol. The standard InChI is InChI=1S/C11H7NO4/c13-9-6-3-1-2-4-8(6)12-5-7(9)10(14)11(15)16/h1-5,7H,(H,15,16). The number of Topliss-reactive ketones (excluding diaryl/α,β-unsaturated/α-hetero) is 2. The summed E-state index contributed by atoms with van der Waals surface area (Å²) in [6.07, 6.45) is 1.08. The number of carbonyl (C=O) groups is 3. The quantitative estimate of drug-likeness (QED) is 0.588. The summed E-state index contributed by atoms with van der Waals surface area (Å²) in [5.41, 5.74) is 0.742. The Morgan fingerprint density at radius 1 is 1.25 bits per heavy atom. The Kier molecular flexibility index (Phi) is 2.36. The molecule has 1 unspecified atom stereocenters. The smallest absolute Gasteiger partial charge is 0.373 e. The van der Waals surface area contributed by atoms with Crippen LogP contribution in [0.2, 0.25) is 0 Å². The van der Waals surface area contributed by atoms with Crippen molar-refractivity contribution < 1.29 is 19.5 Å². The minimum atomic E-state index is -1.62. The van der Waals surface area contributed by atoms with Gasteiger partial charge in [-0.3, -0.25) is 14.6 Å². The molecule has 0 fully saturated rings. The number of ketones is 2. The number of hydrogen-bond acceptors (Lipinski definition) is 4. The van der Waals surface area contributed by atoms with Crippen LogP contribution >= 0.6 is 0 Å². The fraction of sp³-hybridized carbons (Fsp3) is 0.0909. The Morgan fingerprint density at radius 2 is 1.94 bits per heavy atom. The maximum atomic E-state index is 11.8. The number of carboxylic acid groups (broad SMARTS) is 1. The van der Waals surface area contributed by atoms with Gasteiger partial charge >= 0.3 is 5.97 Å². The molecular formula is C11H7NO4. The number of hydrogen-bond donors (Lipinski definition) is 1. The molecule has 0 radical (unpaired) electrons. The van der Waals surface area contributed by atoms with Crippen LogP contribution in [0.5, 0.6) is 0 Å². The van der Waals surface area contributed by atoms with Crippen LogP contribution in [-0.4, -0.2) is 28.9 Å². The molecule has 0 amide bonds. The maximum Gasteiger partial charge on any atom is 0.373 e. The third kappa shape index (κ3) is 1.52. The topological polar surface area (TPSA) is 83.8 Å². The highest BCUT2D eigenvalue weighted by molar-refractivity contribution is 6.43. The number of aliphatic imine (C=N–C) groups is 1. The first-order chi connectivity index (χ1) is 7.61. The molecule has 1 N–H and O–H groups in total. The lowest BCUT2D eigenvalue weighted by molar-refractivity contribution is -0.149. The molecule has 0 saturated heterocycles. The Hall–Kier alpha value is -2.30. The highest BCUT2D eigenvalue weighted by Crippen LogP contribution is 2.25. The minimum Gasteiger partial charge on any atom is -0.475 e. The Bertz CT molecular complexity index is 518. The molecule has 0 aliphatic carbocycles. The van der Waals surface area contributed by atoms with Crippen LogP contribution in [0, 0.1) is 5.92 Å². The molecule has 5 heteroatoms. The van der Waals surface area contributed by atoms with Gasteiger partial charge in [-0.15, -0.1) is 0 Å². The van der Waals surface area contributed by atoms with Crippen LogP contribution in [0.15, 0.2) is 29.3 Å². The van der Waals surface area contributed by atoms with Crippen molar-refractivity contribution in [3.05, 3.63) is 29.8 Å². The summed E-state index contributed by atoms with van der Waals surface area (Å²) in [7, 11) is 0. The second-order valence-electron chi connectivity index (χ2n) is 3.31. The molecule has 0 bridgehead atoms. The summed E-state index contributed by atoms with van der Waals surface area (Å²) >= 11 is 0. The number of nitrogens with zero attached hydrogens (tertiary/aromatic N) is 1. The molecule has 0 spiro atoms. The molecule has 5 nitrogen and oxygen atoms in total. The van der Waals surface area contributed by atoms with Crippen molar-refractivity contribution in [3.63, 3.8) is 0 Å². The zero-order chi connectivity index (χ0) is 11.7. The predicted octanol–water partition coefficient (Wildman–Crippen LogP) is 0.855. The fourth-order valence-electron chi connectivity index (χ4n) is 1.50. The van der Waals surface area contributed by atoms with Crippen LogP contribution in [0.4, 0.5) is 5.69 Å². The monoisotopic (exact) mass is 217 g/mol. The van der Waals surface area contributed by atoms with Gasteiger partial charge in [0.2, 0.25) is 0 Å². The van der Waals surface area contributed by atoms with Crippen molar-refractivity contribution in [1.29, 1.82) is 0 Å². The summed E-state index contributed by atoms with van der Waals surface area (Å²) < 4.78 is 0. The number of benzene rings is 1. The lowest BCUT2D eigenvalue weighted by Crippen LogP contribution is -2.32. The van der Waals surface area contributed by atoms with Gasteiger partial charge in [0.05, 0.1) is 5.69 Å². The summed E-state index contributed by atoms with van der Waals surface area (Å²) in [5.74, 6) is -4.59. The van der Waals surface area contributed by atoms with E-state index in [2.05, 4.69) is 4.99 Å². The zero-order valence-electron chi connectivity index (χ0n) is 8.08. The van der Waals surface area contributed by atoms with E-state index in [0.29, 0.717) is 5.69 Å². The normalized spacial score (nSPS) is 18.0. The van der Waals surface area contributed by atoms with Crippen LogP contribution < -0.4 is 0 Å². The van der Waals surface area contributed by atoms with Crippen molar-refractivity contribution >= 4 is 29.4 Å². The first-order valence-corrected chi connectivity index (χ1v) is 4.56. The van der Waals surface area contributed by atoms with Crippen molar-refractivity contribution in [1.82, 2.24) is 0 Å². The van der Waals surface area contributed by atoms with Crippen molar-refractivity contribution in [2.75, 3.05) is 0 Å². The van der Waals surface area contributed by atoms with Crippen LogP contribution in [0.25, 0.3) is 0 Å². The summed E-state index contributed by atoms with van der Waals surface area (Å²) in [4.78, 5) is 37.4. The molecule has 80 valence electrons. The van der Waals surface area contributed by atoms with Crippen molar-refractivity contribution in [2.45, 2.75) is 0 Å². The predicted molar refractivity (Wildman–Crippen MR) is 55.1 cm³/mol. The third-order valence-electron chi connectivity index (χ3n) is 2.31. The Labute approximate surface area is 90.4 Å². The average molecular weight is 217 g/mol. The van der Waals surface area contributed by atoms with E-state index in [0.717, 1.165) is 6.21 Å². The number of rotatable bonds is 2. The second kappa shape index (κ2) is 3.69. The van der Waals surface area contributed by atoms with Gasteiger partial charge < -0.3 is 5.11 Å². The number of carboxylic acids is 1. The van der Waals surface area contributed by atoms with Gasteiger partial charge in [-0.25, -0.2) is 4.79 Å². The first kappa shape index (κ1) is 10.2. The molecule has 1 aromatic carbocycles. The highest BCUT2D eigenvalue weighted by Gasteiger charge is 2.33. The van der Waals surface area contributed by atoms with E-state index in [1.54, 1.807) is 18.2 Å². The minimum absolute atomic E-state index is 0.282. The number of carbonyl (C=O) groups excluding carboxylic acids is 2. The molecule has 1 aliphatic rings. The van der Waals surface area contributed by atoms with E-state index in [1.165, 1.54) is 6.07 Å². The number of fused-ring (bicyclic) bond motifs is 1. The van der Waals surface area contributed by atoms with Gasteiger partial charge in [0.1, 0.15) is 5.92 Å². The SMILES string of the molecule is O=C(O)C(=O)C1C=Nc2ccccc2C1=O.